The molecule has 120 valence electrons. The van der Waals surface area contributed by atoms with Crippen LogP contribution in [0.15, 0.2) is 0 Å². The van der Waals surface area contributed by atoms with Gasteiger partial charge in [-0.25, -0.2) is 9.59 Å². The van der Waals surface area contributed by atoms with Gasteiger partial charge in [0.05, 0.1) is 0 Å². The number of aliphatic carboxylic acids is 1. The van der Waals surface area contributed by atoms with Gasteiger partial charge in [-0.15, -0.1) is 0 Å². The summed E-state index contributed by atoms with van der Waals surface area (Å²) in [4.78, 5) is 36.5. The van der Waals surface area contributed by atoms with E-state index in [0.29, 0.717) is 13.1 Å². The fraction of sp³-hybridized carbons (Fsp3) is 0.786. The summed E-state index contributed by atoms with van der Waals surface area (Å²) < 4.78 is 0. The molecule has 1 saturated carbocycles. The summed E-state index contributed by atoms with van der Waals surface area (Å²) in [6.45, 7) is 6.79. The van der Waals surface area contributed by atoms with Crippen LogP contribution in [0.5, 0.6) is 0 Å². The SMILES string of the molecule is CCN(CC)C(=O)CCNC(=O)NC(C)(C(=O)O)C1CC1. The average Bonchev–Trinajstić information content (AvgIpc) is 3.24. The highest BCUT2D eigenvalue weighted by atomic mass is 16.4. The number of carbonyl (C=O) groups is 3. The molecule has 7 nitrogen and oxygen atoms in total. The van der Waals surface area contributed by atoms with Crippen molar-refractivity contribution in [3.05, 3.63) is 0 Å². The van der Waals surface area contributed by atoms with Gasteiger partial charge in [0.25, 0.3) is 0 Å². The number of nitrogens with zero attached hydrogens (tertiary/aromatic N) is 1. The van der Waals surface area contributed by atoms with E-state index in [1.165, 1.54) is 6.92 Å². The van der Waals surface area contributed by atoms with Gasteiger partial charge in [-0.05, 0) is 39.5 Å². The van der Waals surface area contributed by atoms with E-state index in [2.05, 4.69) is 10.6 Å². The zero-order chi connectivity index (χ0) is 16.0. The van der Waals surface area contributed by atoms with E-state index >= 15 is 0 Å². The number of amides is 3. The first-order chi connectivity index (χ1) is 9.85. The third kappa shape index (κ3) is 4.61. The van der Waals surface area contributed by atoms with Crippen LogP contribution in [0.2, 0.25) is 0 Å². The van der Waals surface area contributed by atoms with Crippen LogP contribution in [0.1, 0.15) is 40.0 Å². The van der Waals surface area contributed by atoms with E-state index in [-0.39, 0.29) is 24.8 Å². The molecule has 1 aliphatic rings. The molecular formula is C14H25N3O4. The summed E-state index contributed by atoms with van der Waals surface area (Å²) in [6, 6.07) is -0.542. The van der Waals surface area contributed by atoms with Gasteiger partial charge in [-0.3, -0.25) is 4.79 Å². The minimum atomic E-state index is -1.23. The van der Waals surface area contributed by atoms with Crippen LogP contribution in [0.3, 0.4) is 0 Å². The van der Waals surface area contributed by atoms with Crippen molar-refractivity contribution in [2.75, 3.05) is 19.6 Å². The van der Waals surface area contributed by atoms with Crippen molar-refractivity contribution in [3.8, 4) is 0 Å². The molecule has 0 saturated heterocycles. The van der Waals surface area contributed by atoms with E-state index < -0.39 is 17.5 Å². The van der Waals surface area contributed by atoms with Crippen molar-refractivity contribution in [1.82, 2.24) is 15.5 Å². The predicted octanol–water partition coefficient (Wildman–Crippen LogP) is 0.797. The van der Waals surface area contributed by atoms with Gasteiger partial charge in [0, 0.05) is 26.1 Å². The predicted molar refractivity (Wildman–Crippen MR) is 77.8 cm³/mol. The quantitative estimate of drug-likeness (QED) is 0.617. The van der Waals surface area contributed by atoms with Crippen molar-refractivity contribution in [1.29, 1.82) is 0 Å². The monoisotopic (exact) mass is 299 g/mol. The Labute approximate surface area is 125 Å². The van der Waals surface area contributed by atoms with Crippen LogP contribution >= 0.6 is 0 Å². The number of hydrogen-bond acceptors (Lipinski definition) is 3. The van der Waals surface area contributed by atoms with E-state index in [1.807, 2.05) is 13.8 Å². The van der Waals surface area contributed by atoms with Crippen molar-refractivity contribution in [2.24, 2.45) is 5.92 Å². The lowest BCUT2D eigenvalue weighted by Crippen LogP contribution is -2.57. The van der Waals surface area contributed by atoms with Gasteiger partial charge < -0.3 is 20.6 Å². The largest absolute Gasteiger partial charge is 0.480 e. The highest BCUT2D eigenvalue weighted by molar-refractivity contribution is 5.86. The molecule has 0 aliphatic heterocycles. The first kappa shape index (κ1) is 17.3. The Morgan fingerprint density at radius 2 is 1.81 bits per heavy atom. The van der Waals surface area contributed by atoms with E-state index in [0.717, 1.165) is 12.8 Å². The molecule has 0 aromatic carbocycles. The number of hydrogen-bond donors (Lipinski definition) is 3. The molecule has 1 rings (SSSR count). The van der Waals surface area contributed by atoms with Crippen molar-refractivity contribution in [2.45, 2.75) is 45.6 Å². The second-order valence-corrected chi connectivity index (χ2v) is 5.48. The Balaban J connectivity index is 2.37. The Hall–Kier alpha value is -1.79. The van der Waals surface area contributed by atoms with Crippen LogP contribution < -0.4 is 10.6 Å². The molecule has 0 aromatic heterocycles. The van der Waals surface area contributed by atoms with E-state index in [1.54, 1.807) is 4.90 Å². The average molecular weight is 299 g/mol. The molecule has 0 radical (unpaired) electrons. The summed E-state index contributed by atoms with van der Waals surface area (Å²) in [6.07, 6.45) is 1.83. The zero-order valence-corrected chi connectivity index (χ0v) is 12.9. The smallest absolute Gasteiger partial charge is 0.329 e. The molecule has 21 heavy (non-hydrogen) atoms. The molecule has 0 spiro atoms. The van der Waals surface area contributed by atoms with E-state index in [9.17, 15) is 19.5 Å². The van der Waals surface area contributed by atoms with Crippen molar-refractivity contribution in [3.63, 3.8) is 0 Å². The van der Waals surface area contributed by atoms with E-state index in [4.69, 9.17) is 0 Å². The molecule has 0 aromatic rings. The van der Waals surface area contributed by atoms with Crippen LogP contribution in [0.4, 0.5) is 4.79 Å². The third-order valence-corrected chi connectivity index (χ3v) is 3.95. The van der Waals surface area contributed by atoms with Gasteiger partial charge in [0.15, 0.2) is 0 Å². The third-order valence-electron chi connectivity index (χ3n) is 3.95. The van der Waals surface area contributed by atoms with Crippen LogP contribution in [0.25, 0.3) is 0 Å². The molecule has 1 fully saturated rings. The Bertz CT molecular complexity index is 405. The van der Waals surface area contributed by atoms with Gasteiger partial charge in [-0.2, -0.15) is 0 Å². The standard InChI is InChI=1S/C14H25N3O4/c1-4-17(5-2)11(18)8-9-15-13(21)16-14(3,12(19)20)10-6-7-10/h10H,4-9H2,1-3H3,(H,19,20)(H2,15,16,21). The highest BCUT2D eigenvalue weighted by Gasteiger charge is 2.48. The number of carboxylic acid groups (broad SMARTS) is 1. The Morgan fingerprint density at radius 1 is 1.24 bits per heavy atom. The number of urea groups is 1. The van der Waals surface area contributed by atoms with Gasteiger partial charge in [0.1, 0.15) is 5.54 Å². The molecule has 0 bridgehead atoms. The molecule has 1 aliphatic carbocycles. The molecule has 0 heterocycles. The lowest BCUT2D eigenvalue weighted by molar-refractivity contribution is -0.144. The molecule has 1 unspecified atom stereocenters. The topological polar surface area (TPSA) is 98.7 Å². The van der Waals surface area contributed by atoms with Gasteiger partial charge >= 0.3 is 12.0 Å². The van der Waals surface area contributed by atoms with Gasteiger partial charge in [0.2, 0.25) is 5.91 Å². The minimum Gasteiger partial charge on any atom is -0.480 e. The zero-order valence-electron chi connectivity index (χ0n) is 12.9. The second-order valence-electron chi connectivity index (χ2n) is 5.48. The van der Waals surface area contributed by atoms with Crippen LogP contribution in [-0.2, 0) is 9.59 Å². The minimum absolute atomic E-state index is 0.0157. The fourth-order valence-corrected chi connectivity index (χ4v) is 2.29. The number of nitrogens with one attached hydrogen (secondary N) is 2. The lowest BCUT2D eigenvalue weighted by atomic mass is 9.96. The summed E-state index contributed by atoms with van der Waals surface area (Å²) in [5.41, 5.74) is -1.23. The summed E-state index contributed by atoms with van der Waals surface area (Å²) in [7, 11) is 0. The summed E-state index contributed by atoms with van der Waals surface area (Å²) in [5, 5.41) is 14.3. The maximum atomic E-state index is 11.8. The Kier molecular flexibility index (Phi) is 5.99. The second kappa shape index (κ2) is 7.28. The molecule has 3 N–H and O–H groups in total. The lowest BCUT2D eigenvalue weighted by Gasteiger charge is -2.26. The molecule has 3 amide bonds. The number of rotatable bonds is 8. The molecular weight excluding hydrogens is 274 g/mol. The Morgan fingerprint density at radius 3 is 2.24 bits per heavy atom. The maximum Gasteiger partial charge on any atom is 0.329 e. The highest BCUT2D eigenvalue weighted by Crippen LogP contribution is 2.39. The number of carboxylic acids is 1. The van der Waals surface area contributed by atoms with Gasteiger partial charge in [-0.1, -0.05) is 0 Å². The molecule has 7 heteroatoms. The number of carbonyl (C=O) groups excluding carboxylic acids is 2. The van der Waals surface area contributed by atoms with Crippen LogP contribution in [-0.4, -0.2) is 53.1 Å². The first-order valence-corrected chi connectivity index (χ1v) is 7.42. The normalized spacial score (nSPS) is 16.7. The maximum absolute atomic E-state index is 11.8. The first-order valence-electron chi connectivity index (χ1n) is 7.42. The van der Waals surface area contributed by atoms with Crippen LogP contribution in [0, 0.1) is 5.92 Å². The summed E-state index contributed by atoms with van der Waals surface area (Å²) in [5.74, 6) is -1.07. The molecule has 1 atom stereocenters. The summed E-state index contributed by atoms with van der Waals surface area (Å²) >= 11 is 0. The fourth-order valence-electron chi connectivity index (χ4n) is 2.29. The van der Waals surface area contributed by atoms with Crippen molar-refractivity contribution < 1.29 is 19.5 Å². The van der Waals surface area contributed by atoms with Crippen molar-refractivity contribution >= 4 is 17.9 Å².